The van der Waals surface area contributed by atoms with Gasteiger partial charge in [-0.1, -0.05) is 6.92 Å². The molecular weight excluding hydrogens is 292 g/mol. The highest BCUT2D eigenvalue weighted by Gasteiger charge is 2.31. The molecule has 0 radical (unpaired) electrons. The van der Waals surface area contributed by atoms with Crippen LogP contribution in [0.5, 0.6) is 5.75 Å². The zero-order chi connectivity index (χ0) is 15.3. The lowest BCUT2D eigenvalue weighted by Crippen LogP contribution is -2.25. The van der Waals surface area contributed by atoms with Crippen LogP contribution in [0.4, 0.5) is 11.6 Å². The lowest BCUT2D eigenvalue weighted by Gasteiger charge is -2.15. The molecule has 1 aliphatic rings. The molecule has 2 rings (SSSR count). The molecule has 0 aromatic carbocycles. The van der Waals surface area contributed by atoms with Crippen molar-refractivity contribution in [3.8, 4) is 5.75 Å². The first-order chi connectivity index (χ1) is 10.1. The van der Waals surface area contributed by atoms with Gasteiger partial charge in [-0.25, -0.2) is 18.4 Å². The molecule has 1 aromatic rings. The second kappa shape index (κ2) is 6.93. The Labute approximate surface area is 125 Å². The van der Waals surface area contributed by atoms with Crippen LogP contribution in [-0.2, 0) is 9.84 Å². The minimum atomic E-state index is -2.96. The Balaban J connectivity index is 2.09. The van der Waals surface area contributed by atoms with Gasteiger partial charge in [0.2, 0.25) is 5.75 Å². The highest BCUT2D eigenvalue weighted by molar-refractivity contribution is 7.92. The van der Waals surface area contributed by atoms with Crippen molar-refractivity contribution in [3.05, 3.63) is 6.33 Å². The molecule has 2 heterocycles. The zero-order valence-corrected chi connectivity index (χ0v) is 13.2. The molecular formula is C13H22N4O3S. The maximum absolute atomic E-state index is 11.8. The molecule has 1 fully saturated rings. The van der Waals surface area contributed by atoms with E-state index in [0.717, 1.165) is 19.4 Å². The molecule has 1 atom stereocenters. The van der Waals surface area contributed by atoms with Crippen LogP contribution < -0.4 is 15.4 Å². The number of aromatic nitrogens is 2. The number of anilines is 2. The molecule has 0 bridgehead atoms. The number of methoxy groups -OCH3 is 1. The van der Waals surface area contributed by atoms with E-state index in [2.05, 4.69) is 27.5 Å². The van der Waals surface area contributed by atoms with Crippen molar-refractivity contribution in [1.29, 1.82) is 0 Å². The third-order valence-corrected chi connectivity index (χ3v) is 5.79. The summed E-state index contributed by atoms with van der Waals surface area (Å²) < 4.78 is 29.0. The normalized spacial score (nSPS) is 20.2. The van der Waals surface area contributed by atoms with Crippen molar-refractivity contribution in [2.24, 2.45) is 0 Å². The van der Waals surface area contributed by atoms with E-state index in [9.17, 15) is 8.42 Å². The lowest BCUT2D eigenvalue weighted by atomic mass is 10.2. The highest BCUT2D eigenvalue weighted by atomic mass is 32.2. The van der Waals surface area contributed by atoms with E-state index in [0.29, 0.717) is 30.4 Å². The minimum absolute atomic E-state index is 0.281. The Bertz CT molecular complexity index is 577. The second-order valence-corrected chi connectivity index (χ2v) is 7.44. The number of hydrogen-bond acceptors (Lipinski definition) is 7. The average Bonchev–Trinajstić information content (AvgIpc) is 2.81. The van der Waals surface area contributed by atoms with E-state index in [1.165, 1.54) is 6.33 Å². The van der Waals surface area contributed by atoms with Gasteiger partial charge in [0.15, 0.2) is 21.5 Å². The number of sulfone groups is 1. The third kappa shape index (κ3) is 3.75. The second-order valence-electron chi connectivity index (χ2n) is 5.04. The summed E-state index contributed by atoms with van der Waals surface area (Å²) >= 11 is 0. The smallest absolute Gasteiger partial charge is 0.204 e. The molecule has 118 valence electrons. The van der Waals surface area contributed by atoms with E-state index in [4.69, 9.17) is 4.74 Å². The summed E-state index contributed by atoms with van der Waals surface area (Å²) in [4.78, 5) is 8.30. The van der Waals surface area contributed by atoms with Gasteiger partial charge in [-0.05, 0) is 19.3 Å². The summed E-state index contributed by atoms with van der Waals surface area (Å²) in [6.07, 6.45) is 3.84. The van der Waals surface area contributed by atoms with Gasteiger partial charge < -0.3 is 15.4 Å². The number of nitrogens with one attached hydrogen (secondary N) is 2. The molecule has 0 aliphatic carbocycles. The van der Waals surface area contributed by atoms with Crippen LogP contribution in [0.3, 0.4) is 0 Å². The molecule has 0 spiro atoms. The fourth-order valence-corrected chi connectivity index (χ4v) is 4.13. The van der Waals surface area contributed by atoms with Crippen LogP contribution in [-0.4, -0.2) is 49.6 Å². The van der Waals surface area contributed by atoms with Crippen LogP contribution in [0.1, 0.15) is 26.2 Å². The first-order valence-corrected chi connectivity index (χ1v) is 8.88. The Hall–Kier alpha value is -1.57. The first-order valence-electron chi connectivity index (χ1n) is 7.16. The first kappa shape index (κ1) is 15.8. The van der Waals surface area contributed by atoms with Gasteiger partial charge in [0.05, 0.1) is 18.1 Å². The van der Waals surface area contributed by atoms with Crippen LogP contribution >= 0.6 is 0 Å². The van der Waals surface area contributed by atoms with E-state index in [1.54, 1.807) is 7.11 Å². The largest absolute Gasteiger partial charge is 0.490 e. The molecule has 1 aliphatic heterocycles. The van der Waals surface area contributed by atoms with Crippen LogP contribution in [0.15, 0.2) is 6.33 Å². The zero-order valence-electron chi connectivity index (χ0n) is 12.4. The Kier molecular flexibility index (Phi) is 5.22. The van der Waals surface area contributed by atoms with Gasteiger partial charge >= 0.3 is 0 Å². The van der Waals surface area contributed by atoms with Crippen molar-refractivity contribution >= 4 is 21.5 Å². The third-order valence-electron chi connectivity index (χ3n) is 3.51. The standard InChI is InChI=1S/C13H22N4O3S/c1-3-6-14-12-11(20-2)13(17-9-16-12)15-8-10-5-4-7-21(10,18)19/h9-10H,3-8H2,1-2H3,(H2,14,15,16,17). The van der Waals surface area contributed by atoms with Crippen LogP contribution in [0, 0.1) is 0 Å². The number of ether oxygens (including phenoxy) is 1. The minimum Gasteiger partial charge on any atom is -0.490 e. The SMILES string of the molecule is CCCNc1ncnc(NCC2CCCS2(=O)=O)c1OC. The summed E-state index contributed by atoms with van der Waals surface area (Å²) in [5.74, 6) is 1.93. The van der Waals surface area contributed by atoms with Gasteiger partial charge in [0.25, 0.3) is 0 Å². The van der Waals surface area contributed by atoms with Gasteiger partial charge in [-0.15, -0.1) is 0 Å². The van der Waals surface area contributed by atoms with Crippen LogP contribution in [0.25, 0.3) is 0 Å². The molecule has 1 aromatic heterocycles. The predicted molar refractivity (Wildman–Crippen MR) is 82.7 cm³/mol. The van der Waals surface area contributed by atoms with Gasteiger partial charge in [0.1, 0.15) is 6.33 Å². The summed E-state index contributed by atoms with van der Waals surface area (Å²) in [6, 6.07) is 0. The number of hydrogen-bond donors (Lipinski definition) is 2. The lowest BCUT2D eigenvalue weighted by molar-refractivity contribution is 0.414. The van der Waals surface area contributed by atoms with E-state index < -0.39 is 9.84 Å². The fraction of sp³-hybridized carbons (Fsp3) is 0.692. The fourth-order valence-electron chi connectivity index (χ4n) is 2.36. The topological polar surface area (TPSA) is 93.2 Å². The Morgan fingerprint density at radius 2 is 2.05 bits per heavy atom. The number of nitrogens with zero attached hydrogens (tertiary/aromatic N) is 2. The predicted octanol–water partition coefficient (Wildman–Crippen LogP) is 1.30. The Morgan fingerprint density at radius 3 is 2.62 bits per heavy atom. The highest BCUT2D eigenvalue weighted by Crippen LogP contribution is 2.29. The molecule has 1 saturated heterocycles. The molecule has 0 saturated carbocycles. The monoisotopic (exact) mass is 314 g/mol. The molecule has 2 N–H and O–H groups in total. The van der Waals surface area contributed by atoms with Crippen molar-refractivity contribution in [1.82, 2.24) is 9.97 Å². The van der Waals surface area contributed by atoms with Gasteiger partial charge in [0, 0.05) is 13.1 Å². The van der Waals surface area contributed by atoms with Crippen molar-refractivity contribution in [2.45, 2.75) is 31.4 Å². The molecule has 21 heavy (non-hydrogen) atoms. The summed E-state index contributed by atoms with van der Waals surface area (Å²) in [5.41, 5.74) is 0. The summed E-state index contributed by atoms with van der Waals surface area (Å²) in [5, 5.41) is 5.90. The molecule has 0 amide bonds. The quantitative estimate of drug-likeness (QED) is 0.783. The van der Waals surface area contributed by atoms with Crippen LogP contribution in [0.2, 0.25) is 0 Å². The van der Waals surface area contributed by atoms with E-state index in [1.807, 2.05) is 0 Å². The average molecular weight is 314 g/mol. The molecule has 8 heteroatoms. The Morgan fingerprint density at radius 1 is 1.33 bits per heavy atom. The maximum Gasteiger partial charge on any atom is 0.204 e. The van der Waals surface area contributed by atoms with Crippen molar-refractivity contribution < 1.29 is 13.2 Å². The van der Waals surface area contributed by atoms with Gasteiger partial charge in [-0.3, -0.25) is 0 Å². The van der Waals surface area contributed by atoms with Crippen molar-refractivity contribution in [2.75, 3.05) is 36.6 Å². The summed E-state index contributed by atoms with van der Waals surface area (Å²) in [6.45, 7) is 3.19. The molecule has 7 nitrogen and oxygen atoms in total. The number of rotatable bonds is 7. The molecule has 1 unspecified atom stereocenters. The summed E-state index contributed by atoms with van der Waals surface area (Å²) in [7, 11) is -1.41. The van der Waals surface area contributed by atoms with Gasteiger partial charge in [-0.2, -0.15) is 0 Å². The van der Waals surface area contributed by atoms with E-state index in [-0.39, 0.29) is 11.0 Å². The van der Waals surface area contributed by atoms with Crippen molar-refractivity contribution in [3.63, 3.8) is 0 Å². The maximum atomic E-state index is 11.8. The van der Waals surface area contributed by atoms with E-state index >= 15 is 0 Å².